The van der Waals surface area contributed by atoms with Gasteiger partial charge in [-0.05, 0) is 25.5 Å². The molecule has 0 bridgehead atoms. The number of nitrogens with zero attached hydrogens (tertiary/aromatic N) is 3. The van der Waals surface area contributed by atoms with E-state index in [0.717, 1.165) is 22.3 Å². The number of rotatable bonds is 6. The molecule has 3 aromatic rings. The van der Waals surface area contributed by atoms with Crippen LogP contribution in [-0.2, 0) is 6.54 Å². The van der Waals surface area contributed by atoms with Gasteiger partial charge in [0, 0.05) is 18.7 Å². The Kier molecular flexibility index (Phi) is 5.09. The summed E-state index contributed by atoms with van der Waals surface area (Å²) in [4.78, 5) is 17.5. The minimum atomic E-state index is -0.125. The molecule has 6 nitrogen and oxygen atoms in total. The highest BCUT2D eigenvalue weighted by atomic mass is 16.1. The number of fused-ring (bicyclic) bond motifs is 1. The second-order valence-electron chi connectivity index (χ2n) is 6.17. The molecule has 1 unspecified atom stereocenters. The Labute approximate surface area is 147 Å². The molecule has 2 heterocycles. The molecule has 0 aliphatic rings. The van der Waals surface area contributed by atoms with Crippen molar-refractivity contribution >= 4 is 16.9 Å². The molecule has 1 amide bonds. The molecule has 2 aromatic heterocycles. The third-order valence-corrected chi connectivity index (χ3v) is 4.24. The molecule has 0 radical (unpaired) electrons. The third-order valence-electron chi connectivity index (χ3n) is 4.24. The van der Waals surface area contributed by atoms with Crippen LogP contribution in [0.25, 0.3) is 22.3 Å². The number of hydrogen-bond donors (Lipinski definition) is 2. The van der Waals surface area contributed by atoms with Gasteiger partial charge in [0.25, 0.3) is 5.91 Å². The molecular formula is C19H23N5O. The monoisotopic (exact) mass is 337 g/mol. The van der Waals surface area contributed by atoms with E-state index in [0.29, 0.717) is 25.2 Å². The summed E-state index contributed by atoms with van der Waals surface area (Å²) in [5.74, 6) is 0.105. The van der Waals surface area contributed by atoms with Gasteiger partial charge in [-0.1, -0.05) is 37.3 Å². The summed E-state index contributed by atoms with van der Waals surface area (Å²) >= 11 is 0. The lowest BCUT2D eigenvalue weighted by Crippen LogP contribution is -2.31. The fourth-order valence-corrected chi connectivity index (χ4v) is 2.67. The highest BCUT2D eigenvalue weighted by molar-refractivity contribution is 6.06. The predicted octanol–water partition coefficient (Wildman–Crippen LogP) is 2.44. The average Bonchev–Trinajstić information content (AvgIpc) is 3.08. The van der Waals surface area contributed by atoms with Crippen LogP contribution in [0.2, 0.25) is 0 Å². The molecule has 0 saturated carbocycles. The van der Waals surface area contributed by atoms with E-state index < -0.39 is 0 Å². The topological polar surface area (TPSA) is 85.8 Å². The largest absolute Gasteiger partial charge is 0.352 e. The summed E-state index contributed by atoms with van der Waals surface area (Å²) in [6.07, 6.45) is 1.71. The molecule has 0 aliphatic carbocycles. The summed E-state index contributed by atoms with van der Waals surface area (Å²) in [6.45, 7) is 5.79. The SMILES string of the molecule is CCn1ncc2c(C(=O)NCC(C)CN)cc(-c3ccccc3)nc21. The summed E-state index contributed by atoms with van der Waals surface area (Å²) in [6, 6.07) is 11.7. The zero-order chi connectivity index (χ0) is 17.8. The van der Waals surface area contributed by atoms with Gasteiger partial charge < -0.3 is 11.1 Å². The number of pyridine rings is 1. The quantitative estimate of drug-likeness (QED) is 0.723. The Bertz CT molecular complexity index is 872. The van der Waals surface area contributed by atoms with Crippen LogP contribution < -0.4 is 11.1 Å². The first-order chi connectivity index (χ1) is 12.1. The van der Waals surface area contributed by atoms with Gasteiger partial charge in [0.05, 0.1) is 22.8 Å². The minimum absolute atomic E-state index is 0.125. The van der Waals surface area contributed by atoms with E-state index in [9.17, 15) is 4.79 Å². The Balaban J connectivity index is 2.06. The van der Waals surface area contributed by atoms with Crippen molar-refractivity contribution in [3.05, 3.63) is 48.2 Å². The van der Waals surface area contributed by atoms with E-state index in [1.54, 1.807) is 10.9 Å². The molecule has 1 atom stereocenters. The molecule has 0 aliphatic heterocycles. The fraction of sp³-hybridized carbons (Fsp3) is 0.316. The van der Waals surface area contributed by atoms with Crippen molar-refractivity contribution in [3.63, 3.8) is 0 Å². The lowest BCUT2D eigenvalue weighted by Gasteiger charge is -2.12. The van der Waals surface area contributed by atoms with Crippen LogP contribution in [0.1, 0.15) is 24.2 Å². The summed E-state index contributed by atoms with van der Waals surface area (Å²) in [5.41, 5.74) is 8.68. The van der Waals surface area contributed by atoms with Crippen molar-refractivity contribution in [2.24, 2.45) is 11.7 Å². The standard InChI is InChI=1S/C19H23N5O/c1-3-24-18-16(12-22-24)15(19(25)21-11-13(2)10-20)9-17(23-18)14-7-5-4-6-8-14/h4-9,12-13H,3,10-11,20H2,1-2H3,(H,21,25). The van der Waals surface area contributed by atoms with Crippen LogP contribution in [0, 0.1) is 5.92 Å². The molecular weight excluding hydrogens is 314 g/mol. The summed E-state index contributed by atoms with van der Waals surface area (Å²) in [5, 5.41) is 8.08. The lowest BCUT2D eigenvalue weighted by atomic mass is 10.1. The van der Waals surface area contributed by atoms with Crippen LogP contribution in [0.4, 0.5) is 0 Å². The van der Waals surface area contributed by atoms with Crippen LogP contribution in [0.3, 0.4) is 0 Å². The normalized spacial score (nSPS) is 12.3. The first kappa shape index (κ1) is 17.1. The van der Waals surface area contributed by atoms with Gasteiger partial charge in [-0.15, -0.1) is 0 Å². The van der Waals surface area contributed by atoms with Gasteiger partial charge in [-0.25, -0.2) is 9.67 Å². The Morgan fingerprint density at radius 2 is 2.08 bits per heavy atom. The lowest BCUT2D eigenvalue weighted by molar-refractivity contribution is 0.0950. The summed E-state index contributed by atoms with van der Waals surface area (Å²) < 4.78 is 1.81. The van der Waals surface area contributed by atoms with Crippen LogP contribution >= 0.6 is 0 Å². The smallest absolute Gasteiger partial charge is 0.252 e. The average molecular weight is 337 g/mol. The number of aromatic nitrogens is 3. The van der Waals surface area contributed by atoms with Gasteiger partial charge in [-0.3, -0.25) is 4.79 Å². The second kappa shape index (κ2) is 7.44. The maximum absolute atomic E-state index is 12.7. The third kappa shape index (κ3) is 3.53. The number of nitrogens with two attached hydrogens (primary N) is 1. The fourth-order valence-electron chi connectivity index (χ4n) is 2.67. The van der Waals surface area contributed by atoms with Gasteiger partial charge in [0.15, 0.2) is 5.65 Å². The van der Waals surface area contributed by atoms with Crippen LogP contribution in [0.15, 0.2) is 42.6 Å². The molecule has 130 valence electrons. The highest BCUT2D eigenvalue weighted by Crippen LogP contribution is 2.24. The second-order valence-corrected chi connectivity index (χ2v) is 6.17. The number of carbonyl (C=O) groups excluding carboxylic acids is 1. The van der Waals surface area contributed by atoms with E-state index in [-0.39, 0.29) is 11.8 Å². The molecule has 0 saturated heterocycles. The molecule has 0 spiro atoms. The Morgan fingerprint density at radius 1 is 1.32 bits per heavy atom. The maximum Gasteiger partial charge on any atom is 0.252 e. The zero-order valence-corrected chi connectivity index (χ0v) is 14.6. The van der Waals surface area contributed by atoms with E-state index in [2.05, 4.69) is 10.4 Å². The minimum Gasteiger partial charge on any atom is -0.352 e. The van der Waals surface area contributed by atoms with Crippen molar-refractivity contribution in [1.29, 1.82) is 0 Å². The van der Waals surface area contributed by atoms with Gasteiger partial charge in [0.2, 0.25) is 0 Å². The number of nitrogens with one attached hydrogen (secondary N) is 1. The first-order valence-corrected chi connectivity index (χ1v) is 8.54. The number of aryl methyl sites for hydroxylation is 1. The zero-order valence-electron chi connectivity index (χ0n) is 14.6. The van der Waals surface area contributed by atoms with Gasteiger partial charge in [0.1, 0.15) is 0 Å². The summed E-state index contributed by atoms with van der Waals surface area (Å²) in [7, 11) is 0. The number of amides is 1. The van der Waals surface area contributed by atoms with Crippen LogP contribution in [-0.4, -0.2) is 33.8 Å². The molecule has 6 heteroatoms. The molecule has 25 heavy (non-hydrogen) atoms. The van der Waals surface area contributed by atoms with Crippen molar-refractivity contribution < 1.29 is 4.79 Å². The van der Waals surface area contributed by atoms with E-state index in [1.807, 2.05) is 50.2 Å². The molecule has 3 N–H and O–H groups in total. The number of carbonyl (C=O) groups is 1. The highest BCUT2D eigenvalue weighted by Gasteiger charge is 2.17. The van der Waals surface area contributed by atoms with Gasteiger partial charge >= 0.3 is 0 Å². The van der Waals surface area contributed by atoms with E-state index in [4.69, 9.17) is 10.7 Å². The molecule has 3 rings (SSSR count). The van der Waals surface area contributed by atoms with Gasteiger partial charge in [-0.2, -0.15) is 5.10 Å². The molecule has 0 fully saturated rings. The van der Waals surface area contributed by atoms with Crippen molar-refractivity contribution in [1.82, 2.24) is 20.1 Å². The first-order valence-electron chi connectivity index (χ1n) is 8.54. The van der Waals surface area contributed by atoms with Crippen molar-refractivity contribution in [2.75, 3.05) is 13.1 Å². The number of hydrogen-bond acceptors (Lipinski definition) is 4. The predicted molar refractivity (Wildman–Crippen MR) is 99.2 cm³/mol. The Morgan fingerprint density at radius 3 is 2.76 bits per heavy atom. The Hall–Kier alpha value is -2.73. The van der Waals surface area contributed by atoms with Crippen LogP contribution in [0.5, 0.6) is 0 Å². The maximum atomic E-state index is 12.7. The van der Waals surface area contributed by atoms with Crippen molar-refractivity contribution in [2.45, 2.75) is 20.4 Å². The molecule has 1 aromatic carbocycles. The van der Waals surface area contributed by atoms with Crippen molar-refractivity contribution in [3.8, 4) is 11.3 Å². The van der Waals surface area contributed by atoms with E-state index >= 15 is 0 Å². The number of benzene rings is 1. The van der Waals surface area contributed by atoms with E-state index in [1.165, 1.54) is 0 Å².